The molecular weight excluding hydrogens is 280 g/mol. The number of aromatic nitrogens is 3. The van der Waals surface area contributed by atoms with E-state index in [-0.39, 0.29) is 15.7 Å². The molecule has 2 aromatic heterocycles. The molecule has 0 atom stereocenters. The van der Waals surface area contributed by atoms with Crippen LogP contribution >= 0.6 is 11.3 Å². The Labute approximate surface area is 105 Å². The molecule has 2 N–H and O–H groups in total. The largest absolute Gasteiger partial charge is 0.478 e. The number of aromatic carboxylic acids is 1. The summed E-state index contributed by atoms with van der Waals surface area (Å²) in [7, 11) is -3.89. The van der Waals surface area contributed by atoms with E-state index in [0.717, 1.165) is 17.4 Å². The first-order chi connectivity index (χ1) is 8.49. The van der Waals surface area contributed by atoms with Crippen molar-refractivity contribution in [3.63, 3.8) is 0 Å². The van der Waals surface area contributed by atoms with Gasteiger partial charge in [-0.25, -0.2) is 22.9 Å². The average Bonchev–Trinajstić information content (AvgIpc) is 2.79. The van der Waals surface area contributed by atoms with Gasteiger partial charge in [0.05, 0.1) is 18.0 Å². The van der Waals surface area contributed by atoms with Crippen LogP contribution in [0.5, 0.6) is 0 Å². The zero-order valence-electron chi connectivity index (χ0n) is 8.64. The van der Waals surface area contributed by atoms with Crippen LogP contribution in [-0.4, -0.2) is 34.7 Å². The first-order valence-electron chi connectivity index (χ1n) is 4.47. The molecule has 0 saturated carbocycles. The summed E-state index contributed by atoms with van der Waals surface area (Å²) in [6.45, 7) is 0. The lowest BCUT2D eigenvalue weighted by atomic mass is 10.4. The van der Waals surface area contributed by atoms with Crippen LogP contribution in [0.1, 0.15) is 10.4 Å². The molecule has 0 aliphatic rings. The Morgan fingerprint density at radius 2 is 2.17 bits per heavy atom. The summed E-state index contributed by atoms with van der Waals surface area (Å²) in [6, 6.07) is 1.06. The first-order valence-corrected chi connectivity index (χ1v) is 6.83. The van der Waals surface area contributed by atoms with E-state index < -0.39 is 16.0 Å². The lowest BCUT2D eigenvalue weighted by Crippen LogP contribution is -2.14. The van der Waals surface area contributed by atoms with Crippen LogP contribution in [0.4, 0.5) is 5.95 Å². The van der Waals surface area contributed by atoms with Crippen molar-refractivity contribution >= 4 is 33.3 Å². The van der Waals surface area contributed by atoms with Gasteiger partial charge in [-0.05, 0) is 6.07 Å². The molecule has 2 rings (SSSR count). The van der Waals surface area contributed by atoms with E-state index in [1.165, 1.54) is 17.8 Å². The highest BCUT2D eigenvalue weighted by Crippen LogP contribution is 2.21. The van der Waals surface area contributed by atoms with E-state index >= 15 is 0 Å². The minimum Gasteiger partial charge on any atom is -0.478 e. The van der Waals surface area contributed by atoms with Gasteiger partial charge < -0.3 is 5.11 Å². The van der Waals surface area contributed by atoms with Gasteiger partial charge in [-0.2, -0.15) is 5.10 Å². The van der Waals surface area contributed by atoms with E-state index in [1.807, 2.05) is 0 Å². The Hall–Kier alpha value is -2.07. The maximum Gasteiger partial charge on any atom is 0.336 e. The number of rotatable bonds is 4. The van der Waals surface area contributed by atoms with Crippen LogP contribution in [0, 0.1) is 0 Å². The molecule has 0 spiro atoms. The van der Waals surface area contributed by atoms with Crippen LogP contribution < -0.4 is 4.72 Å². The molecule has 0 unspecified atom stereocenters. The second-order valence-electron chi connectivity index (χ2n) is 3.03. The van der Waals surface area contributed by atoms with Crippen molar-refractivity contribution in [3.8, 4) is 0 Å². The SMILES string of the molecule is O=C(O)c1csc(S(=O)(=O)Nc2nccnn2)c1. The molecule has 2 aromatic rings. The van der Waals surface area contributed by atoms with Gasteiger partial charge in [-0.15, -0.1) is 16.4 Å². The summed E-state index contributed by atoms with van der Waals surface area (Å²) in [5.41, 5.74) is -0.0903. The predicted molar refractivity (Wildman–Crippen MR) is 61.9 cm³/mol. The fourth-order valence-electron chi connectivity index (χ4n) is 1.03. The molecule has 0 amide bonds. The van der Waals surface area contributed by atoms with Crippen LogP contribution in [0.25, 0.3) is 0 Å². The van der Waals surface area contributed by atoms with E-state index in [9.17, 15) is 13.2 Å². The highest BCUT2D eigenvalue weighted by Gasteiger charge is 2.20. The van der Waals surface area contributed by atoms with Crippen molar-refractivity contribution in [2.45, 2.75) is 4.21 Å². The number of carboxylic acids is 1. The number of hydrogen-bond donors (Lipinski definition) is 2. The second kappa shape index (κ2) is 4.66. The molecule has 0 fully saturated rings. The maximum absolute atomic E-state index is 11.8. The number of hydrogen-bond acceptors (Lipinski definition) is 7. The molecule has 0 radical (unpaired) electrons. The summed E-state index contributed by atoms with van der Waals surface area (Å²) in [5, 5.41) is 16.9. The Kier molecular flexibility index (Phi) is 3.21. The number of nitrogens with one attached hydrogen (secondary N) is 1. The summed E-state index contributed by atoms with van der Waals surface area (Å²) in [6.07, 6.45) is 2.58. The first kappa shape index (κ1) is 12.4. The van der Waals surface area contributed by atoms with Crippen LogP contribution in [0.2, 0.25) is 0 Å². The third-order valence-corrected chi connectivity index (χ3v) is 4.56. The normalized spacial score (nSPS) is 11.1. The van der Waals surface area contributed by atoms with Crippen LogP contribution in [0.3, 0.4) is 0 Å². The molecule has 2 heterocycles. The van der Waals surface area contributed by atoms with Gasteiger partial charge >= 0.3 is 5.97 Å². The zero-order valence-corrected chi connectivity index (χ0v) is 10.3. The molecule has 10 heteroatoms. The van der Waals surface area contributed by atoms with Gasteiger partial charge in [0.2, 0.25) is 0 Å². The van der Waals surface area contributed by atoms with Crippen LogP contribution in [0.15, 0.2) is 28.0 Å². The Balaban J connectivity index is 2.28. The molecule has 0 aromatic carbocycles. The van der Waals surface area contributed by atoms with Crippen LogP contribution in [-0.2, 0) is 10.0 Å². The Bertz CT molecular complexity index is 667. The second-order valence-corrected chi connectivity index (χ2v) is 5.85. The van der Waals surface area contributed by atoms with Crippen molar-refractivity contribution < 1.29 is 18.3 Å². The molecule has 0 aliphatic heterocycles. The minimum atomic E-state index is -3.89. The molecule has 0 saturated heterocycles. The number of thiophene rings is 1. The van der Waals surface area contributed by atoms with Gasteiger partial charge in [0.1, 0.15) is 4.21 Å². The fourth-order valence-corrected chi connectivity index (χ4v) is 3.13. The van der Waals surface area contributed by atoms with Gasteiger partial charge in [-0.1, -0.05) is 0 Å². The van der Waals surface area contributed by atoms with Crippen molar-refractivity contribution in [3.05, 3.63) is 29.4 Å². The fraction of sp³-hybridized carbons (Fsp3) is 0. The van der Waals surface area contributed by atoms with E-state index in [1.54, 1.807) is 0 Å². The van der Waals surface area contributed by atoms with E-state index in [4.69, 9.17) is 5.11 Å². The number of anilines is 1. The standard InChI is InChI=1S/C8H6N4O4S2/c13-7(14)5-3-6(17-4-5)18(15,16)12-8-9-1-2-10-11-8/h1-4H,(H,13,14)(H,9,11,12). The summed E-state index contributed by atoms with van der Waals surface area (Å²) >= 11 is 0.797. The molecule has 18 heavy (non-hydrogen) atoms. The summed E-state index contributed by atoms with van der Waals surface area (Å²) < 4.78 is 25.6. The summed E-state index contributed by atoms with van der Waals surface area (Å²) in [5.74, 6) is -1.37. The third kappa shape index (κ3) is 2.60. The number of carboxylic acid groups (broad SMARTS) is 1. The third-order valence-electron chi connectivity index (χ3n) is 1.80. The van der Waals surface area contributed by atoms with Crippen molar-refractivity contribution in [2.24, 2.45) is 0 Å². The van der Waals surface area contributed by atoms with Crippen molar-refractivity contribution in [2.75, 3.05) is 4.72 Å². The molecule has 94 valence electrons. The smallest absolute Gasteiger partial charge is 0.336 e. The van der Waals surface area contributed by atoms with E-state index in [2.05, 4.69) is 19.9 Å². The lowest BCUT2D eigenvalue weighted by molar-refractivity contribution is 0.0697. The average molecular weight is 286 g/mol. The maximum atomic E-state index is 11.8. The van der Waals surface area contributed by atoms with Crippen molar-refractivity contribution in [1.29, 1.82) is 0 Å². The minimum absolute atomic E-state index is 0.0903. The number of nitrogens with zero attached hydrogens (tertiary/aromatic N) is 3. The highest BCUT2D eigenvalue weighted by molar-refractivity contribution is 7.94. The molecule has 8 nitrogen and oxygen atoms in total. The van der Waals surface area contributed by atoms with Gasteiger partial charge in [0.15, 0.2) is 0 Å². The lowest BCUT2D eigenvalue weighted by Gasteiger charge is -2.02. The molecule has 0 bridgehead atoms. The molecular formula is C8H6N4O4S2. The Morgan fingerprint density at radius 1 is 1.39 bits per heavy atom. The van der Waals surface area contributed by atoms with Crippen molar-refractivity contribution in [1.82, 2.24) is 15.2 Å². The highest BCUT2D eigenvalue weighted by atomic mass is 32.2. The Morgan fingerprint density at radius 3 is 2.72 bits per heavy atom. The molecule has 0 aliphatic carbocycles. The number of carbonyl (C=O) groups is 1. The monoisotopic (exact) mass is 286 g/mol. The van der Waals surface area contributed by atoms with Gasteiger partial charge in [0, 0.05) is 5.38 Å². The quantitative estimate of drug-likeness (QED) is 0.835. The number of sulfonamides is 1. The summed E-state index contributed by atoms with van der Waals surface area (Å²) in [4.78, 5) is 14.3. The predicted octanol–water partition coefficient (Wildman–Crippen LogP) is 0.432. The van der Waals surface area contributed by atoms with Gasteiger partial charge in [0.25, 0.3) is 16.0 Å². The topological polar surface area (TPSA) is 122 Å². The zero-order chi connectivity index (χ0) is 13.2. The van der Waals surface area contributed by atoms with E-state index in [0.29, 0.717) is 0 Å². The van der Waals surface area contributed by atoms with Gasteiger partial charge in [-0.3, -0.25) is 0 Å².